The van der Waals surface area contributed by atoms with Crippen LogP contribution in [0.2, 0.25) is 0 Å². The molecule has 98 valence electrons. The lowest BCUT2D eigenvalue weighted by Gasteiger charge is -2.33. The van der Waals surface area contributed by atoms with Crippen LogP contribution in [-0.2, 0) is 9.53 Å². The summed E-state index contributed by atoms with van der Waals surface area (Å²) in [6.07, 6.45) is 1.06. The van der Waals surface area contributed by atoms with Gasteiger partial charge in [0.2, 0.25) is 5.91 Å². The molecule has 0 spiro atoms. The van der Waals surface area contributed by atoms with E-state index in [9.17, 15) is 4.79 Å². The first-order valence-electron chi connectivity index (χ1n) is 6.31. The molecule has 18 heavy (non-hydrogen) atoms. The SMILES string of the molecule is CCC1CN(C(=O)C(Cl)c2ccccc2)CCO1. The van der Waals surface area contributed by atoms with Crippen molar-refractivity contribution in [2.75, 3.05) is 19.7 Å². The van der Waals surface area contributed by atoms with Gasteiger partial charge in [0.25, 0.3) is 0 Å². The second kappa shape index (κ2) is 6.21. The highest BCUT2D eigenvalue weighted by atomic mass is 35.5. The Kier molecular flexibility index (Phi) is 4.61. The summed E-state index contributed by atoms with van der Waals surface area (Å²) in [5.74, 6) is -0.0235. The highest BCUT2D eigenvalue weighted by Crippen LogP contribution is 2.24. The normalized spacial score (nSPS) is 21.7. The number of rotatable bonds is 3. The third-order valence-corrected chi connectivity index (χ3v) is 3.65. The summed E-state index contributed by atoms with van der Waals surface area (Å²) in [5.41, 5.74) is 0.851. The monoisotopic (exact) mass is 267 g/mol. The molecule has 2 unspecified atom stereocenters. The number of carbonyl (C=O) groups is 1. The summed E-state index contributed by atoms with van der Waals surface area (Å²) in [6.45, 7) is 3.94. The van der Waals surface area contributed by atoms with Crippen molar-refractivity contribution in [1.29, 1.82) is 0 Å². The molecule has 0 radical (unpaired) electrons. The number of amides is 1. The fourth-order valence-electron chi connectivity index (χ4n) is 2.09. The number of hydrogen-bond donors (Lipinski definition) is 0. The predicted molar refractivity (Wildman–Crippen MR) is 71.6 cm³/mol. The summed E-state index contributed by atoms with van der Waals surface area (Å²) in [4.78, 5) is 14.1. The van der Waals surface area contributed by atoms with Gasteiger partial charge >= 0.3 is 0 Å². The number of morpholine rings is 1. The topological polar surface area (TPSA) is 29.5 Å². The largest absolute Gasteiger partial charge is 0.375 e. The summed E-state index contributed by atoms with van der Waals surface area (Å²) in [7, 11) is 0. The van der Waals surface area contributed by atoms with Crippen molar-refractivity contribution in [3.63, 3.8) is 0 Å². The summed E-state index contributed by atoms with van der Waals surface area (Å²) in [5, 5.41) is -0.596. The Labute approximate surface area is 113 Å². The van der Waals surface area contributed by atoms with E-state index in [1.165, 1.54) is 0 Å². The van der Waals surface area contributed by atoms with Crippen molar-refractivity contribution >= 4 is 17.5 Å². The van der Waals surface area contributed by atoms with E-state index >= 15 is 0 Å². The van der Waals surface area contributed by atoms with E-state index in [0.29, 0.717) is 19.7 Å². The lowest BCUT2D eigenvalue weighted by atomic mass is 10.1. The highest BCUT2D eigenvalue weighted by molar-refractivity contribution is 6.30. The average molecular weight is 268 g/mol. The fourth-order valence-corrected chi connectivity index (χ4v) is 2.37. The molecule has 4 heteroatoms. The van der Waals surface area contributed by atoms with Gasteiger partial charge in [-0.1, -0.05) is 37.3 Å². The van der Waals surface area contributed by atoms with Gasteiger partial charge in [0.1, 0.15) is 5.38 Å². The first-order chi connectivity index (χ1) is 8.72. The highest BCUT2D eigenvalue weighted by Gasteiger charge is 2.28. The molecule has 1 fully saturated rings. The third kappa shape index (κ3) is 3.03. The van der Waals surface area contributed by atoms with E-state index in [-0.39, 0.29) is 12.0 Å². The standard InChI is InChI=1S/C14H18ClNO2/c1-2-12-10-16(8-9-18-12)14(17)13(15)11-6-4-3-5-7-11/h3-7,12-13H,2,8-10H2,1H3. The van der Waals surface area contributed by atoms with Crippen LogP contribution in [0.15, 0.2) is 30.3 Å². The van der Waals surface area contributed by atoms with Gasteiger partial charge in [-0.05, 0) is 12.0 Å². The minimum Gasteiger partial charge on any atom is -0.375 e. The lowest BCUT2D eigenvalue weighted by molar-refractivity contribution is -0.138. The molecule has 3 nitrogen and oxygen atoms in total. The minimum atomic E-state index is -0.596. The molecular formula is C14H18ClNO2. The fraction of sp³-hybridized carbons (Fsp3) is 0.500. The number of ether oxygens (including phenoxy) is 1. The lowest BCUT2D eigenvalue weighted by Crippen LogP contribution is -2.46. The van der Waals surface area contributed by atoms with Crippen LogP contribution in [0.5, 0.6) is 0 Å². The van der Waals surface area contributed by atoms with Crippen LogP contribution in [-0.4, -0.2) is 36.6 Å². The van der Waals surface area contributed by atoms with Gasteiger partial charge in [-0.2, -0.15) is 0 Å². The number of alkyl halides is 1. The second-order valence-electron chi connectivity index (χ2n) is 4.46. The molecular weight excluding hydrogens is 250 g/mol. The maximum atomic E-state index is 12.3. The zero-order chi connectivity index (χ0) is 13.0. The van der Waals surface area contributed by atoms with E-state index in [1.807, 2.05) is 35.2 Å². The van der Waals surface area contributed by atoms with Gasteiger partial charge < -0.3 is 9.64 Å². The molecule has 0 bridgehead atoms. The van der Waals surface area contributed by atoms with Crippen LogP contribution < -0.4 is 0 Å². The van der Waals surface area contributed by atoms with Crippen LogP contribution in [0.4, 0.5) is 0 Å². The van der Waals surface area contributed by atoms with Gasteiger partial charge in [-0.3, -0.25) is 4.79 Å². The summed E-state index contributed by atoms with van der Waals surface area (Å²) >= 11 is 6.25. The average Bonchev–Trinajstić information content (AvgIpc) is 2.46. The van der Waals surface area contributed by atoms with E-state index < -0.39 is 5.38 Å². The summed E-state index contributed by atoms with van der Waals surface area (Å²) < 4.78 is 5.56. The first kappa shape index (κ1) is 13.4. The van der Waals surface area contributed by atoms with Gasteiger partial charge in [-0.25, -0.2) is 0 Å². The van der Waals surface area contributed by atoms with Crippen LogP contribution in [0.1, 0.15) is 24.3 Å². The zero-order valence-corrected chi connectivity index (χ0v) is 11.3. The predicted octanol–water partition coefficient (Wildman–Crippen LogP) is 2.60. The smallest absolute Gasteiger partial charge is 0.245 e. The second-order valence-corrected chi connectivity index (χ2v) is 4.89. The van der Waals surface area contributed by atoms with Crippen LogP contribution in [0.25, 0.3) is 0 Å². The van der Waals surface area contributed by atoms with Crippen LogP contribution in [0, 0.1) is 0 Å². The van der Waals surface area contributed by atoms with Crippen molar-refractivity contribution in [2.45, 2.75) is 24.8 Å². The number of halogens is 1. The molecule has 1 aliphatic heterocycles. The number of nitrogens with zero attached hydrogens (tertiary/aromatic N) is 1. The Morgan fingerprint density at radius 2 is 2.22 bits per heavy atom. The number of carbonyl (C=O) groups excluding carboxylic acids is 1. The van der Waals surface area contributed by atoms with Crippen LogP contribution >= 0.6 is 11.6 Å². The van der Waals surface area contributed by atoms with Crippen molar-refractivity contribution in [3.8, 4) is 0 Å². The molecule has 1 amide bonds. The van der Waals surface area contributed by atoms with E-state index in [0.717, 1.165) is 12.0 Å². The van der Waals surface area contributed by atoms with Gasteiger partial charge in [0.15, 0.2) is 0 Å². The molecule has 1 aliphatic rings. The minimum absolute atomic E-state index is 0.0235. The van der Waals surface area contributed by atoms with Crippen LogP contribution in [0.3, 0.4) is 0 Å². The van der Waals surface area contributed by atoms with Crippen molar-refractivity contribution in [2.24, 2.45) is 0 Å². The van der Waals surface area contributed by atoms with E-state index in [1.54, 1.807) is 0 Å². The van der Waals surface area contributed by atoms with Gasteiger partial charge in [-0.15, -0.1) is 11.6 Å². The van der Waals surface area contributed by atoms with Gasteiger partial charge in [0, 0.05) is 13.1 Å². The molecule has 0 saturated carbocycles. The Bertz CT molecular complexity index is 396. The number of hydrogen-bond acceptors (Lipinski definition) is 2. The molecule has 2 rings (SSSR count). The first-order valence-corrected chi connectivity index (χ1v) is 6.75. The maximum absolute atomic E-state index is 12.3. The molecule has 0 aliphatic carbocycles. The van der Waals surface area contributed by atoms with E-state index in [4.69, 9.17) is 16.3 Å². The molecule has 1 saturated heterocycles. The Morgan fingerprint density at radius 1 is 1.50 bits per heavy atom. The molecule has 1 aromatic rings. The van der Waals surface area contributed by atoms with Gasteiger partial charge in [0.05, 0.1) is 12.7 Å². The maximum Gasteiger partial charge on any atom is 0.245 e. The molecule has 1 heterocycles. The number of benzene rings is 1. The van der Waals surface area contributed by atoms with Crippen molar-refractivity contribution < 1.29 is 9.53 Å². The van der Waals surface area contributed by atoms with Crippen molar-refractivity contribution in [3.05, 3.63) is 35.9 Å². The third-order valence-electron chi connectivity index (χ3n) is 3.21. The Morgan fingerprint density at radius 3 is 2.89 bits per heavy atom. The molecule has 0 N–H and O–H groups in total. The quantitative estimate of drug-likeness (QED) is 0.788. The molecule has 1 aromatic carbocycles. The van der Waals surface area contributed by atoms with Crippen molar-refractivity contribution in [1.82, 2.24) is 4.90 Å². The Balaban J connectivity index is 2.02. The zero-order valence-electron chi connectivity index (χ0n) is 10.5. The Hall–Kier alpha value is -1.06. The molecule has 2 atom stereocenters. The van der Waals surface area contributed by atoms with E-state index in [2.05, 4.69) is 6.92 Å². The summed E-state index contributed by atoms with van der Waals surface area (Å²) in [6, 6.07) is 9.47. The molecule has 0 aromatic heterocycles.